The van der Waals surface area contributed by atoms with E-state index in [4.69, 9.17) is 5.11 Å². The van der Waals surface area contributed by atoms with Crippen LogP contribution in [-0.2, 0) is 0 Å². The molecule has 0 aromatic rings. The van der Waals surface area contributed by atoms with E-state index in [9.17, 15) is 0 Å². The fourth-order valence-electron chi connectivity index (χ4n) is 0.475. The van der Waals surface area contributed by atoms with Crippen LogP contribution in [0, 0.1) is 11.5 Å². The van der Waals surface area contributed by atoms with Gasteiger partial charge in [-0.15, -0.1) is 5.54 Å². The first kappa shape index (κ1) is 10.5. The largest absolute Gasteiger partial charge is 0.396 e. The third-order valence-corrected chi connectivity index (χ3v) is 1.84. The van der Waals surface area contributed by atoms with Crippen molar-refractivity contribution in [2.24, 2.45) is 0 Å². The van der Waals surface area contributed by atoms with Crippen molar-refractivity contribution in [3.05, 3.63) is 12.2 Å². The molecule has 0 saturated heterocycles. The van der Waals surface area contributed by atoms with Gasteiger partial charge < -0.3 is 5.11 Å². The number of hydrogen-bond donors (Lipinski definition) is 1. The van der Waals surface area contributed by atoms with E-state index in [1.165, 1.54) is 0 Å². The maximum absolute atomic E-state index is 8.43. The zero-order valence-corrected chi connectivity index (χ0v) is 8.52. The number of aliphatic hydroxyl groups is 1. The molecule has 11 heavy (non-hydrogen) atoms. The predicted octanol–water partition coefficient (Wildman–Crippen LogP) is 1.81. The van der Waals surface area contributed by atoms with Gasteiger partial charge in [0.15, 0.2) is 0 Å². The molecule has 0 aliphatic rings. The molecule has 0 unspecified atom stereocenters. The van der Waals surface area contributed by atoms with E-state index in [1.807, 2.05) is 12.2 Å². The summed E-state index contributed by atoms with van der Waals surface area (Å²) in [4.78, 5) is 0. The minimum atomic E-state index is -1.19. The molecule has 0 aliphatic heterocycles. The van der Waals surface area contributed by atoms with Gasteiger partial charge in [-0.1, -0.05) is 31.6 Å². The van der Waals surface area contributed by atoms with E-state index < -0.39 is 8.07 Å². The van der Waals surface area contributed by atoms with Crippen molar-refractivity contribution < 1.29 is 5.11 Å². The van der Waals surface area contributed by atoms with Crippen LogP contribution in [0.3, 0.4) is 0 Å². The van der Waals surface area contributed by atoms with Gasteiger partial charge in [0.1, 0.15) is 8.07 Å². The quantitative estimate of drug-likeness (QED) is 0.492. The van der Waals surface area contributed by atoms with E-state index in [-0.39, 0.29) is 6.61 Å². The molecule has 1 N–H and O–H groups in total. The monoisotopic (exact) mass is 168 g/mol. The fraction of sp³-hybridized carbons (Fsp3) is 0.556. The Morgan fingerprint density at radius 2 is 2.00 bits per heavy atom. The van der Waals surface area contributed by atoms with Gasteiger partial charge in [-0.3, -0.25) is 0 Å². The lowest BCUT2D eigenvalue weighted by atomic mass is 10.4. The second kappa shape index (κ2) is 5.17. The highest BCUT2D eigenvalue weighted by atomic mass is 28.3. The molecule has 0 bridgehead atoms. The summed E-state index contributed by atoms with van der Waals surface area (Å²) in [5.74, 6) is 2.98. The predicted molar refractivity (Wildman–Crippen MR) is 52.0 cm³/mol. The molecular weight excluding hydrogens is 152 g/mol. The molecule has 0 amide bonds. The van der Waals surface area contributed by atoms with E-state index in [2.05, 4.69) is 31.1 Å². The normalized spacial score (nSPS) is 11.3. The number of aliphatic hydroxyl groups excluding tert-OH is 1. The Hall–Kier alpha value is -0.523. The smallest absolute Gasteiger partial charge is 0.129 e. The highest BCUT2D eigenvalue weighted by Crippen LogP contribution is 1.95. The van der Waals surface area contributed by atoms with Crippen LogP contribution in [0.25, 0.3) is 0 Å². The van der Waals surface area contributed by atoms with Gasteiger partial charge in [-0.2, -0.15) is 0 Å². The zero-order chi connectivity index (χ0) is 8.74. The first-order valence-electron chi connectivity index (χ1n) is 3.85. The van der Waals surface area contributed by atoms with Gasteiger partial charge >= 0.3 is 0 Å². The van der Waals surface area contributed by atoms with Crippen LogP contribution < -0.4 is 0 Å². The van der Waals surface area contributed by atoms with Gasteiger partial charge in [0.2, 0.25) is 0 Å². The fourth-order valence-corrected chi connectivity index (χ4v) is 0.991. The molecule has 1 nitrogen and oxygen atoms in total. The Bertz CT molecular complexity index is 178. The Kier molecular flexibility index (Phi) is 4.92. The van der Waals surface area contributed by atoms with E-state index >= 15 is 0 Å². The average molecular weight is 168 g/mol. The van der Waals surface area contributed by atoms with Crippen molar-refractivity contribution in [2.75, 3.05) is 6.61 Å². The summed E-state index contributed by atoms with van der Waals surface area (Å²) < 4.78 is 0. The lowest BCUT2D eigenvalue weighted by Crippen LogP contribution is -2.16. The van der Waals surface area contributed by atoms with Gasteiger partial charge in [-0.25, -0.2) is 0 Å². The molecule has 0 fully saturated rings. The van der Waals surface area contributed by atoms with Crippen molar-refractivity contribution in [2.45, 2.75) is 26.1 Å². The average Bonchev–Trinajstić information content (AvgIpc) is 1.85. The first-order chi connectivity index (χ1) is 5.06. The molecule has 62 valence electrons. The molecule has 0 aromatic carbocycles. The summed E-state index contributed by atoms with van der Waals surface area (Å²) in [6.07, 6.45) is 4.43. The van der Waals surface area contributed by atoms with Gasteiger partial charge in [0, 0.05) is 6.61 Å². The number of allylic oxidation sites excluding steroid dienone is 1. The molecule has 0 radical (unpaired) electrons. The van der Waals surface area contributed by atoms with Crippen molar-refractivity contribution in [1.29, 1.82) is 0 Å². The Morgan fingerprint density at radius 3 is 2.45 bits per heavy atom. The van der Waals surface area contributed by atoms with Crippen LogP contribution in [0.1, 0.15) is 6.42 Å². The van der Waals surface area contributed by atoms with Crippen LogP contribution in [0.5, 0.6) is 0 Å². The van der Waals surface area contributed by atoms with Crippen molar-refractivity contribution in [3.63, 3.8) is 0 Å². The van der Waals surface area contributed by atoms with Crippen molar-refractivity contribution >= 4 is 8.07 Å². The molecule has 2 heteroatoms. The van der Waals surface area contributed by atoms with E-state index in [1.54, 1.807) is 0 Å². The third kappa shape index (κ3) is 9.48. The lowest BCUT2D eigenvalue weighted by molar-refractivity contribution is 0.302. The van der Waals surface area contributed by atoms with Gasteiger partial charge in [0.25, 0.3) is 0 Å². The van der Waals surface area contributed by atoms with Crippen molar-refractivity contribution in [3.8, 4) is 11.5 Å². The SMILES string of the molecule is C[Si](C)(C)C#C/C=C/CCO. The second-order valence-corrected chi connectivity index (χ2v) is 8.18. The molecule has 0 spiro atoms. The van der Waals surface area contributed by atoms with Crippen LogP contribution in [0.2, 0.25) is 19.6 Å². The van der Waals surface area contributed by atoms with Crippen LogP contribution in [-0.4, -0.2) is 19.8 Å². The Morgan fingerprint density at radius 1 is 1.36 bits per heavy atom. The number of rotatable bonds is 2. The third-order valence-electron chi connectivity index (χ3n) is 0.944. The van der Waals surface area contributed by atoms with Gasteiger partial charge in [-0.05, 0) is 12.5 Å². The van der Waals surface area contributed by atoms with E-state index in [0.717, 1.165) is 0 Å². The molecule has 0 aliphatic carbocycles. The Balaban J connectivity index is 3.72. The molecule has 0 atom stereocenters. The highest BCUT2D eigenvalue weighted by Gasteiger charge is 2.06. The van der Waals surface area contributed by atoms with E-state index in [0.29, 0.717) is 6.42 Å². The molecule has 0 aromatic heterocycles. The zero-order valence-electron chi connectivity index (χ0n) is 7.52. The molecule has 0 rings (SSSR count). The Labute approximate surface area is 70.1 Å². The highest BCUT2D eigenvalue weighted by molar-refractivity contribution is 6.83. The summed E-state index contributed by atoms with van der Waals surface area (Å²) in [5.41, 5.74) is 3.20. The molecular formula is C9H16OSi. The summed E-state index contributed by atoms with van der Waals surface area (Å²) >= 11 is 0. The van der Waals surface area contributed by atoms with Gasteiger partial charge in [0.05, 0.1) is 0 Å². The maximum Gasteiger partial charge on any atom is 0.129 e. The molecule has 0 saturated carbocycles. The van der Waals surface area contributed by atoms with Crippen LogP contribution >= 0.6 is 0 Å². The summed E-state index contributed by atoms with van der Waals surface area (Å²) in [6, 6.07) is 0. The van der Waals surface area contributed by atoms with Crippen molar-refractivity contribution in [1.82, 2.24) is 0 Å². The molecule has 0 heterocycles. The minimum absolute atomic E-state index is 0.213. The topological polar surface area (TPSA) is 20.2 Å². The maximum atomic E-state index is 8.43. The lowest BCUT2D eigenvalue weighted by Gasteiger charge is -2.01. The summed E-state index contributed by atoms with van der Waals surface area (Å²) in [7, 11) is -1.19. The standard InChI is InChI=1S/C9H16OSi/c1-11(2,3)9-7-5-4-6-8-10/h4-5,10H,6,8H2,1-3H3/b5-4+. The summed E-state index contributed by atoms with van der Waals surface area (Å²) in [5, 5.41) is 8.43. The first-order valence-corrected chi connectivity index (χ1v) is 7.35. The minimum Gasteiger partial charge on any atom is -0.396 e. The number of hydrogen-bond acceptors (Lipinski definition) is 1. The van der Waals surface area contributed by atoms with Crippen LogP contribution in [0.15, 0.2) is 12.2 Å². The summed E-state index contributed by atoms with van der Waals surface area (Å²) in [6.45, 7) is 6.84. The second-order valence-electron chi connectivity index (χ2n) is 3.43. The van der Waals surface area contributed by atoms with Crippen LogP contribution in [0.4, 0.5) is 0 Å².